The highest BCUT2D eigenvalue weighted by molar-refractivity contribution is 5.78. The van der Waals surface area contributed by atoms with Crippen LogP contribution in [0.2, 0.25) is 0 Å². The summed E-state index contributed by atoms with van der Waals surface area (Å²) in [4.78, 5) is 13.6. The molecule has 0 aliphatic carbocycles. The van der Waals surface area contributed by atoms with E-state index >= 15 is 0 Å². The Labute approximate surface area is 117 Å². The van der Waals surface area contributed by atoms with Crippen LogP contribution in [0.15, 0.2) is 24.3 Å². The highest BCUT2D eigenvalue weighted by Crippen LogP contribution is 2.33. The van der Waals surface area contributed by atoms with Gasteiger partial charge in [0.25, 0.3) is 0 Å². The van der Waals surface area contributed by atoms with Gasteiger partial charge in [-0.3, -0.25) is 10.2 Å². The van der Waals surface area contributed by atoms with E-state index in [2.05, 4.69) is 10.9 Å². The summed E-state index contributed by atoms with van der Waals surface area (Å²) in [7, 11) is 0. The maximum Gasteiger partial charge on any atom is 0.236 e. The summed E-state index contributed by atoms with van der Waals surface area (Å²) in [6.45, 7) is 1.42. The topological polar surface area (TPSA) is 70.4 Å². The van der Waals surface area contributed by atoms with Crippen molar-refractivity contribution in [3.63, 3.8) is 0 Å². The summed E-state index contributed by atoms with van der Waals surface area (Å²) in [6.07, 6.45) is 0.884. The largest absolute Gasteiger partial charge is 0.341 e. The molecule has 2 heterocycles. The number of hydrogen-bond acceptors (Lipinski definition) is 4. The first kappa shape index (κ1) is 13.5. The summed E-state index contributed by atoms with van der Waals surface area (Å²) < 4.78 is 13.4. The Bertz CT molecular complexity index is 510. The summed E-state index contributed by atoms with van der Waals surface area (Å²) in [5.41, 5.74) is 12.8. The maximum absolute atomic E-state index is 13.4. The molecule has 1 amide bonds. The fourth-order valence-electron chi connectivity index (χ4n) is 3.19. The van der Waals surface area contributed by atoms with Gasteiger partial charge in [-0.1, -0.05) is 12.1 Å². The molecule has 1 aromatic rings. The summed E-state index contributed by atoms with van der Waals surface area (Å²) in [5, 5.41) is 0. The second-order valence-corrected chi connectivity index (χ2v) is 5.42. The van der Waals surface area contributed by atoms with E-state index in [1.54, 1.807) is 12.1 Å². The SMILES string of the molecule is NCC(=O)N1CCC2NNC(c3cccc(F)c3)C2C1. The lowest BCUT2D eigenvalue weighted by Gasteiger charge is -2.36. The minimum Gasteiger partial charge on any atom is -0.341 e. The Balaban J connectivity index is 1.79. The number of hydrazine groups is 1. The van der Waals surface area contributed by atoms with Crippen LogP contribution in [0.1, 0.15) is 18.0 Å². The second-order valence-electron chi connectivity index (χ2n) is 5.42. The van der Waals surface area contributed by atoms with E-state index < -0.39 is 0 Å². The number of fused-ring (bicyclic) bond motifs is 1. The maximum atomic E-state index is 13.4. The lowest BCUT2D eigenvalue weighted by atomic mass is 9.85. The van der Waals surface area contributed by atoms with Gasteiger partial charge in [0.05, 0.1) is 12.6 Å². The van der Waals surface area contributed by atoms with Crippen molar-refractivity contribution in [2.75, 3.05) is 19.6 Å². The molecular formula is C14H19FN4O. The van der Waals surface area contributed by atoms with Gasteiger partial charge in [-0.2, -0.15) is 0 Å². The van der Waals surface area contributed by atoms with Crippen molar-refractivity contribution in [2.24, 2.45) is 11.7 Å². The smallest absolute Gasteiger partial charge is 0.236 e. The van der Waals surface area contributed by atoms with Gasteiger partial charge in [0.1, 0.15) is 5.82 Å². The lowest BCUT2D eigenvalue weighted by Crippen LogP contribution is -2.49. The number of carbonyl (C=O) groups is 1. The molecule has 4 N–H and O–H groups in total. The van der Waals surface area contributed by atoms with Crippen LogP contribution in [0.5, 0.6) is 0 Å². The zero-order valence-electron chi connectivity index (χ0n) is 11.2. The molecule has 1 aromatic carbocycles. The Morgan fingerprint density at radius 3 is 3.05 bits per heavy atom. The minimum atomic E-state index is -0.238. The van der Waals surface area contributed by atoms with Crippen molar-refractivity contribution in [3.05, 3.63) is 35.6 Å². The van der Waals surface area contributed by atoms with Crippen molar-refractivity contribution < 1.29 is 9.18 Å². The molecule has 2 aliphatic heterocycles. The Morgan fingerprint density at radius 1 is 1.45 bits per heavy atom. The first-order valence-corrected chi connectivity index (χ1v) is 6.93. The normalized spacial score (nSPS) is 29.3. The standard InChI is InChI=1S/C14H19FN4O/c15-10-3-1-2-9(6-10)14-11-8-19(13(20)7-16)5-4-12(11)17-18-14/h1-3,6,11-12,14,17-18H,4-5,7-8,16H2. The van der Waals surface area contributed by atoms with E-state index in [0.29, 0.717) is 12.6 Å². The molecule has 2 saturated heterocycles. The van der Waals surface area contributed by atoms with Crippen LogP contribution < -0.4 is 16.6 Å². The molecule has 3 atom stereocenters. The van der Waals surface area contributed by atoms with Crippen LogP contribution in [0.4, 0.5) is 4.39 Å². The third kappa shape index (κ3) is 2.42. The zero-order valence-corrected chi connectivity index (χ0v) is 11.2. The minimum absolute atomic E-state index is 0.0177. The molecule has 0 bridgehead atoms. The van der Waals surface area contributed by atoms with Crippen LogP contribution in [-0.2, 0) is 4.79 Å². The van der Waals surface area contributed by atoms with E-state index in [9.17, 15) is 9.18 Å². The van der Waals surface area contributed by atoms with Crippen LogP contribution >= 0.6 is 0 Å². The molecule has 0 saturated carbocycles. The highest BCUT2D eigenvalue weighted by Gasteiger charge is 2.41. The number of carbonyl (C=O) groups excluding carboxylic acids is 1. The van der Waals surface area contributed by atoms with Gasteiger partial charge >= 0.3 is 0 Å². The average molecular weight is 278 g/mol. The number of benzene rings is 1. The molecule has 108 valence electrons. The molecule has 2 aliphatic rings. The molecule has 0 spiro atoms. The van der Waals surface area contributed by atoms with Crippen LogP contribution in [0, 0.1) is 11.7 Å². The number of nitrogens with zero attached hydrogens (tertiary/aromatic N) is 1. The van der Waals surface area contributed by atoms with Crippen molar-refractivity contribution in [3.8, 4) is 0 Å². The van der Waals surface area contributed by atoms with Crippen LogP contribution in [0.3, 0.4) is 0 Å². The number of halogens is 1. The fraction of sp³-hybridized carbons (Fsp3) is 0.500. The Morgan fingerprint density at radius 2 is 2.30 bits per heavy atom. The average Bonchev–Trinajstić information content (AvgIpc) is 2.89. The van der Waals surface area contributed by atoms with Crippen LogP contribution in [-0.4, -0.2) is 36.5 Å². The number of hydrogen-bond donors (Lipinski definition) is 3. The lowest BCUT2D eigenvalue weighted by molar-refractivity contribution is -0.131. The molecule has 0 aromatic heterocycles. The molecule has 3 unspecified atom stereocenters. The number of nitrogens with two attached hydrogens (primary N) is 1. The first-order valence-electron chi connectivity index (χ1n) is 6.93. The molecule has 5 nitrogen and oxygen atoms in total. The molecule has 3 rings (SSSR count). The van der Waals surface area contributed by atoms with Gasteiger partial charge in [-0.25, -0.2) is 9.82 Å². The van der Waals surface area contributed by atoms with Gasteiger partial charge in [0.2, 0.25) is 5.91 Å². The van der Waals surface area contributed by atoms with Gasteiger partial charge in [0, 0.05) is 25.0 Å². The van der Waals surface area contributed by atoms with E-state index in [1.165, 1.54) is 6.07 Å². The number of likely N-dealkylation sites (tertiary alicyclic amines) is 1. The van der Waals surface area contributed by atoms with Crippen molar-refractivity contribution in [2.45, 2.75) is 18.5 Å². The molecular weight excluding hydrogens is 259 g/mol. The van der Waals surface area contributed by atoms with Gasteiger partial charge in [0.15, 0.2) is 0 Å². The third-order valence-electron chi connectivity index (χ3n) is 4.25. The van der Waals surface area contributed by atoms with Gasteiger partial charge in [-0.15, -0.1) is 0 Å². The van der Waals surface area contributed by atoms with Gasteiger partial charge in [-0.05, 0) is 24.1 Å². The number of piperidine rings is 1. The van der Waals surface area contributed by atoms with Gasteiger partial charge < -0.3 is 10.6 Å². The number of amides is 1. The highest BCUT2D eigenvalue weighted by atomic mass is 19.1. The predicted molar refractivity (Wildman–Crippen MR) is 72.9 cm³/mol. The van der Waals surface area contributed by atoms with Crippen molar-refractivity contribution in [1.82, 2.24) is 15.8 Å². The number of rotatable bonds is 2. The van der Waals surface area contributed by atoms with Crippen molar-refractivity contribution in [1.29, 1.82) is 0 Å². The Hall–Kier alpha value is -1.50. The predicted octanol–water partition coefficient (Wildman–Crippen LogP) is 0.150. The third-order valence-corrected chi connectivity index (χ3v) is 4.25. The number of nitrogens with one attached hydrogen (secondary N) is 2. The van der Waals surface area contributed by atoms with E-state index in [1.807, 2.05) is 11.0 Å². The van der Waals surface area contributed by atoms with E-state index in [-0.39, 0.29) is 30.2 Å². The second kappa shape index (κ2) is 5.47. The molecule has 20 heavy (non-hydrogen) atoms. The summed E-state index contributed by atoms with van der Waals surface area (Å²) in [5.74, 6) is -0.0205. The fourth-order valence-corrected chi connectivity index (χ4v) is 3.19. The summed E-state index contributed by atoms with van der Waals surface area (Å²) >= 11 is 0. The van der Waals surface area contributed by atoms with Crippen LogP contribution in [0.25, 0.3) is 0 Å². The van der Waals surface area contributed by atoms with E-state index in [0.717, 1.165) is 18.5 Å². The van der Waals surface area contributed by atoms with E-state index in [4.69, 9.17) is 5.73 Å². The monoisotopic (exact) mass is 278 g/mol. The molecule has 6 heteroatoms. The van der Waals surface area contributed by atoms with Crippen molar-refractivity contribution >= 4 is 5.91 Å². The first-order chi connectivity index (χ1) is 9.69. The zero-order chi connectivity index (χ0) is 14.1. The molecule has 0 radical (unpaired) electrons. The quantitative estimate of drug-likeness (QED) is 0.720. The Kier molecular flexibility index (Phi) is 3.69. The molecule has 2 fully saturated rings. The summed E-state index contributed by atoms with van der Waals surface area (Å²) in [6, 6.07) is 6.94.